The van der Waals surface area contributed by atoms with Crippen molar-refractivity contribution >= 4 is 15.9 Å². The van der Waals surface area contributed by atoms with Gasteiger partial charge in [0.25, 0.3) is 5.91 Å². The van der Waals surface area contributed by atoms with Crippen molar-refractivity contribution in [3.8, 4) is 0 Å². The van der Waals surface area contributed by atoms with Crippen LogP contribution >= 0.6 is 0 Å². The quantitative estimate of drug-likeness (QED) is 0.715. The highest BCUT2D eigenvalue weighted by Crippen LogP contribution is 2.38. The van der Waals surface area contributed by atoms with Gasteiger partial charge >= 0.3 is 0 Å². The van der Waals surface area contributed by atoms with Gasteiger partial charge in [-0.15, -0.1) is 0 Å². The Labute approximate surface area is 178 Å². The number of nitrogens with zero attached hydrogens (tertiary/aromatic N) is 2. The zero-order valence-corrected chi connectivity index (χ0v) is 17.6. The van der Waals surface area contributed by atoms with Crippen LogP contribution < -0.4 is 0 Å². The maximum Gasteiger partial charge on any atom is 0.253 e. The fraction of sp³-hybridized carbons (Fsp3) is 0.381. The summed E-state index contributed by atoms with van der Waals surface area (Å²) in [6, 6.07) is 6.60. The lowest BCUT2D eigenvalue weighted by atomic mass is 10.00. The molecular formula is C21H21F3N2O4S. The fourth-order valence-corrected chi connectivity index (χ4v) is 5.91. The Morgan fingerprint density at radius 3 is 2.29 bits per heavy atom. The Bertz CT molecular complexity index is 1130. The van der Waals surface area contributed by atoms with E-state index in [-0.39, 0.29) is 55.1 Å². The molecule has 166 valence electrons. The molecular weight excluding hydrogens is 433 g/mol. The zero-order chi connectivity index (χ0) is 22.4. The third kappa shape index (κ3) is 3.83. The van der Waals surface area contributed by atoms with Crippen molar-refractivity contribution in [2.45, 2.75) is 30.4 Å². The third-order valence-electron chi connectivity index (χ3n) is 5.84. The molecule has 2 saturated heterocycles. The monoisotopic (exact) mass is 454 g/mol. The summed E-state index contributed by atoms with van der Waals surface area (Å²) in [5.41, 5.74) is -0.859. The van der Waals surface area contributed by atoms with Crippen molar-refractivity contribution in [3.63, 3.8) is 0 Å². The number of carbonyl (C=O) groups excluding carboxylic acids is 1. The first kappa shape index (κ1) is 21.8. The van der Waals surface area contributed by atoms with Gasteiger partial charge in [-0.3, -0.25) is 4.79 Å². The average molecular weight is 454 g/mol. The SMILES string of the molecule is Cc1cc(S(=O)(=O)N2CCOC23CCN(C(=O)c2ccc(F)c(F)c2)CC3)ccc1F. The normalized spacial score (nSPS) is 19.2. The number of rotatable bonds is 3. The Kier molecular flexibility index (Phi) is 5.57. The van der Waals surface area contributed by atoms with Gasteiger partial charge in [-0.2, -0.15) is 4.31 Å². The number of halogens is 3. The second-order valence-electron chi connectivity index (χ2n) is 7.70. The van der Waals surface area contributed by atoms with Crippen molar-refractivity contribution in [2.75, 3.05) is 26.2 Å². The van der Waals surface area contributed by atoms with E-state index >= 15 is 0 Å². The lowest BCUT2D eigenvalue weighted by Crippen LogP contribution is -2.55. The van der Waals surface area contributed by atoms with Crippen LogP contribution in [0.5, 0.6) is 0 Å². The highest BCUT2D eigenvalue weighted by molar-refractivity contribution is 7.89. The van der Waals surface area contributed by atoms with Crippen LogP contribution in [-0.4, -0.2) is 55.5 Å². The summed E-state index contributed by atoms with van der Waals surface area (Å²) < 4.78 is 73.9. The summed E-state index contributed by atoms with van der Waals surface area (Å²) >= 11 is 0. The number of piperidine rings is 1. The molecule has 1 spiro atoms. The number of aryl methyl sites for hydroxylation is 1. The van der Waals surface area contributed by atoms with E-state index in [1.165, 1.54) is 34.3 Å². The molecule has 4 rings (SSSR count). The largest absolute Gasteiger partial charge is 0.358 e. The van der Waals surface area contributed by atoms with Crippen LogP contribution in [-0.2, 0) is 14.8 Å². The van der Waals surface area contributed by atoms with E-state index in [4.69, 9.17) is 4.74 Å². The minimum atomic E-state index is -3.94. The predicted octanol–water partition coefficient (Wildman–Crippen LogP) is 3.07. The second kappa shape index (κ2) is 7.92. The molecule has 0 aliphatic carbocycles. The Hall–Kier alpha value is -2.43. The van der Waals surface area contributed by atoms with Crippen LogP contribution in [0.1, 0.15) is 28.8 Å². The number of hydrogen-bond acceptors (Lipinski definition) is 4. The maximum atomic E-state index is 13.6. The second-order valence-corrected chi connectivity index (χ2v) is 9.57. The highest BCUT2D eigenvalue weighted by Gasteiger charge is 2.51. The molecule has 1 amide bonds. The summed E-state index contributed by atoms with van der Waals surface area (Å²) in [4.78, 5) is 14.1. The minimum Gasteiger partial charge on any atom is -0.358 e. The molecule has 0 atom stereocenters. The van der Waals surface area contributed by atoms with Crippen molar-refractivity contribution in [1.29, 1.82) is 0 Å². The Morgan fingerprint density at radius 2 is 1.65 bits per heavy atom. The van der Waals surface area contributed by atoms with Crippen LogP contribution in [0.3, 0.4) is 0 Å². The van der Waals surface area contributed by atoms with Crippen molar-refractivity contribution in [1.82, 2.24) is 9.21 Å². The van der Waals surface area contributed by atoms with Crippen LogP contribution in [0.2, 0.25) is 0 Å². The lowest BCUT2D eigenvalue weighted by Gasteiger charge is -2.42. The molecule has 2 aromatic carbocycles. The Balaban J connectivity index is 1.53. The van der Waals surface area contributed by atoms with E-state index in [9.17, 15) is 26.4 Å². The van der Waals surface area contributed by atoms with Crippen LogP contribution in [0.4, 0.5) is 13.2 Å². The van der Waals surface area contributed by atoms with Gasteiger partial charge in [0.15, 0.2) is 11.6 Å². The molecule has 10 heteroatoms. The molecule has 6 nitrogen and oxygen atoms in total. The first-order chi connectivity index (χ1) is 14.6. The van der Waals surface area contributed by atoms with Gasteiger partial charge in [-0.25, -0.2) is 21.6 Å². The van der Waals surface area contributed by atoms with E-state index < -0.39 is 39.1 Å². The third-order valence-corrected chi connectivity index (χ3v) is 7.78. The Morgan fingerprint density at radius 1 is 0.968 bits per heavy atom. The number of ether oxygens (including phenoxy) is 1. The standard InChI is InChI=1S/C21H21F3N2O4S/c1-14-12-16(3-5-17(14)22)31(28,29)26-10-11-30-21(26)6-8-25(9-7-21)20(27)15-2-4-18(23)19(24)13-15/h2-5,12-13H,6-11H2,1H3. The molecule has 2 fully saturated rings. The van der Waals surface area contributed by atoms with E-state index in [1.54, 1.807) is 0 Å². The van der Waals surface area contributed by atoms with Gasteiger partial charge in [-0.05, 0) is 48.9 Å². The van der Waals surface area contributed by atoms with Crippen molar-refractivity contribution in [2.24, 2.45) is 0 Å². The predicted molar refractivity (Wildman–Crippen MR) is 105 cm³/mol. The van der Waals surface area contributed by atoms with Crippen molar-refractivity contribution in [3.05, 3.63) is 65.0 Å². The molecule has 2 heterocycles. The molecule has 0 saturated carbocycles. The van der Waals surface area contributed by atoms with Crippen molar-refractivity contribution < 1.29 is 31.1 Å². The van der Waals surface area contributed by atoms with E-state index in [1.807, 2.05) is 0 Å². The van der Waals surface area contributed by atoms with Gasteiger partial charge in [0.2, 0.25) is 10.0 Å². The molecule has 0 radical (unpaired) electrons. The summed E-state index contributed by atoms with van der Waals surface area (Å²) in [6.45, 7) is 2.22. The highest BCUT2D eigenvalue weighted by atomic mass is 32.2. The molecule has 0 bridgehead atoms. The number of amides is 1. The molecule has 2 aliphatic heterocycles. The number of hydrogen-bond donors (Lipinski definition) is 0. The summed E-state index contributed by atoms with van der Waals surface area (Å²) in [5.74, 6) is -3.10. The molecule has 0 aromatic heterocycles. The maximum absolute atomic E-state index is 13.6. The smallest absolute Gasteiger partial charge is 0.253 e. The average Bonchev–Trinajstić information content (AvgIpc) is 3.16. The summed E-state index contributed by atoms with van der Waals surface area (Å²) in [6.07, 6.45) is 0.448. The van der Waals surface area contributed by atoms with Gasteiger partial charge in [0.05, 0.1) is 11.5 Å². The van der Waals surface area contributed by atoms with E-state index in [0.29, 0.717) is 0 Å². The molecule has 0 N–H and O–H groups in total. The number of carbonyl (C=O) groups is 1. The first-order valence-electron chi connectivity index (χ1n) is 9.81. The molecule has 31 heavy (non-hydrogen) atoms. The number of benzene rings is 2. The van der Waals surface area contributed by atoms with Gasteiger partial charge in [0.1, 0.15) is 11.5 Å². The van der Waals surface area contributed by atoms with E-state index in [0.717, 1.165) is 18.2 Å². The molecule has 0 unspecified atom stereocenters. The zero-order valence-electron chi connectivity index (χ0n) is 16.8. The number of likely N-dealkylation sites (tertiary alicyclic amines) is 1. The van der Waals surface area contributed by atoms with E-state index in [2.05, 4.69) is 0 Å². The van der Waals surface area contributed by atoms with Crippen LogP contribution in [0.25, 0.3) is 0 Å². The fourth-order valence-electron chi connectivity index (χ4n) is 4.10. The topological polar surface area (TPSA) is 66.9 Å². The summed E-state index contributed by atoms with van der Waals surface area (Å²) in [7, 11) is -3.94. The number of sulfonamides is 1. The van der Waals surface area contributed by atoms with Gasteiger partial charge in [-0.1, -0.05) is 0 Å². The molecule has 2 aromatic rings. The lowest BCUT2D eigenvalue weighted by molar-refractivity contribution is -0.0857. The van der Waals surface area contributed by atoms with Crippen LogP contribution in [0.15, 0.2) is 41.3 Å². The van der Waals surface area contributed by atoms with Gasteiger partial charge in [0, 0.05) is 38.0 Å². The summed E-state index contributed by atoms with van der Waals surface area (Å²) in [5, 5.41) is 0. The first-order valence-corrected chi connectivity index (χ1v) is 11.3. The van der Waals surface area contributed by atoms with Crippen LogP contribution in [0, 0.1) is 24.4 Å². The van der Waals surface area contributed by atoms with Gasteiger partial charge < -0.3 is 9.64 Å². The molecule has 2 aliphatic rings. The minimum absolute atomic E-state index is 0.0171.